The van der Waals surface area contributed by atoms with Crippen LogP contribution in [-0.2, 0) is 14.5 Å². The molecule has 4 heteroatoms. The number of rotatable bonds is 3. The summed E-state index contributed by atoms with van der Waals surface area (Å²) in [5, 5.41) is 0. The first-order valence-electron chi connectivity index (χ1n) is 5.82. The van der Waals surface area contributed by atoms with E-state index >= 15 is 0 Å². The molecule has 0 aliphatic heterocycles. The minimum Gasteiger partial charge on any atom is -0.417 e. The molecule has 2 aromatic rings. The Labute approximate surface area is 117 Å². The quantitative estimate of drug-likeness (QED) is 0.523. The Morgan fingerprint density at radius 2 is 1.37 bits per heavy atom. The Hall–Kier alpha value is -1.94. The molecule has 0 amide bonds. The van der Waals surface area contributed by atoms with Crippen molar-refractivity contribution in [2.24, 2.45) is 0 Å². The van der Waals surface area contributed by atoms with E-state index in [9.17, 15) is 4.79 Å². The first-order valence-corrected chi connectivity index (χ1v) is 6.19. The zero-order chi connectivity index (χ0) is 13.7. The van der Waals surface area contributed by atoms with E-state index in [1.165, 1.54) is 0 Å². The molecule has 0 spiro atoms. The lowest BCUT2D eigenvalue weighted by Gasteiger charge is -2.29. The lowest BCUT2D eigenvalue weighted by Crippen LogP contribution is -2.30. The maximum atomic E-state index is 11.5. The van der Waals surface area contributed by atoms with Crippen molar-refractivity contribution in [3.63, 3.8) is 0 Å². The van der Waals surface area contributed by atoms with Gasteiger partial charge in [-0.05, 0) is 18.1 Å². The summed E-state index contributed by atoms with van der Waals surface area (Å²) in [6, 6.07) is 19.0. The van der Waals surface area contributed by atoms with Crippen molar-refractivity contribution < 1.29 is 13.7 Å². The SMILES string of the molecule is CC(OC(=O)OS)(c1ccccc1)c1ccccc1. The zero-order valence-electron chi connectivity index (χ0n) is 10.4. The molecule has 0 aliphatic rings. The highest BCUT2D eigenvalue weighted by Crippen LogP contribution is 2.33. The van der Waals surface area contributed by atoms with Crippen LogP contribution < -0.4 is 0 Å². The summed E-state index contributed by atoms with van der Waals surface area (Å²) >= 11 is 3.48. The highest BCUT2D eigenvalue weighted by Gasteiger charge is 2.33. The number of carbonyl (C=O) groups excluding carboxylic acids is 1. The van der Waals surface area contributed by atoms with Crippen LogP contribution in [0.5, 0.6) is 0 Å². The maximum Gasteiger partial charge on any atom is 0.521 e. The molecule has 3 nitrogen and oxygen atoms in total. The Morgan fingerprint density at radius 3 is 1.74 bits per heavy atom. The molecule has 0 unspecified atom stereocenters. The van der Waals surface area contributed by atoms with Crippen molar-refractivity contribution in [1.82, 2.24) is 0 Å². The van der Waals surface area contributed by atoms with Crippen molar-refractivity contribution in [1.29, 1.82) is 0 Å². The third kappa shape index (κ3) is 2.90. The molecule has 98 valence electrons. The third-order valence-corrected chi connectivity index (χ3v) is 3.16. The lowest BCUT2D eigenvalue weighted by molar-refractivity contribution is 0.0246. The summed E-state index contributed by atoms with van der Waals surface area (Å²) in [4.78, 5) is 11.5. The second-order valence-electron chi connectivity index (χ2n) is 4.21. The van der Waals surface area contributed by atoms with Crippen molar-refractivity contribution in [3.05, 3.63) is 71.8 Å². The summed E-state index contributed by atoms with van der Waals surface area (Å²) in [6.07, 6.45) is -0.835. The van der Waals surface area contributed by atoms with E-state index in [2.05, 4.69) is 17.1 Å². The highest BCUT2D eigenvalue weighted by molar-refractivity contribution is 7.75. The Kier molecular flexibility index (Phi) is 4.12. The van der Waals surface area contributed by atoms with Gasteiger partial charge in [0.25, 0.3) is 0 Å². The highest BCUT2D eigenvalue weighted by atomic mass is 32.1. The number of ether oxygens (including phenoxy) is 1. The summed E-state index contributed by atoms with van der Waals surface area (Å²) in [5.41, 5.74) is 0.808. The number of hydrogen-bond acceptors (Lipinski definition) is 4. The topological polar surface area (TPSA) is 35.5 Å². The van der Waals surface area contributed by atoms with Gasteiger partial charge in [0.05, 0.1) is 0 Å². The van der Waals surface area contributed by atoms with E-state index < -0.39 is 11.8 Å². The largest absolute Gasteiger partial charge is 0.521 e. The molecule has 0 aromatic heterocycles. The van der Waals surface area contributed by atoms with E-state index in [0.717, 1.165) is 11.1 Å². The lowest BCUT2D eigenvalue weighted by atomic mass is 9.88. The summed E-state index contributed by atoms with van der Waals surface area (Å²) in [7, 11) is 0. The van der Waals surface area contributed by atoms with Gasteiger partial charge in [0, 0.05) is 12.9 Å². The average Bonchev–Trinajstić information content (AvgIpc) is 2.48. The minimum atomic E-state index is -0.914. The third-order valence-electron chi connectivity index (χ3n) is 3.01. The van der Waals surface area contributed by atoms with E-state index in [1.807, 2.05) is 67.6 Å². The number of benzene rings is 2. The van der Waals surface area contributed by atoms with Crippen LogP contribution in [0.15, 0.2) is 60.7 Å². The predicted octanol–water partition coefficient (Wildman–Crippen LogP) is 3.95. The molecule has 0 bridgehead atoms. The molecule has 0 atom stereocenters. The average molecular weight is 274 g/mol. The molecule has 2 aromatic carbocycles. The van der Waals surface area contributed by atoms with Crippen LogP contribution in [0.25, 0.3) is 0 Å². The molecule has 0 fully saturated rings. The molecule has 0 N–H and O–H groups in total. The van der Waals surface area contributed by atoms with Gasteiger partial charge in [0.1, 0.15) is 0 Å². The van der Waals surface area contributed by atoms with Gasteiger partial charge in [-0.25, -0.2) is 4.79 Å². The van der Waals surface area contributed by atoms with E-state index in [-0.39, 0.29) is 0 Å². The molecule has 0 radical (unpaired) electrons. The molecule has 2 rings (SSSR count). The van der Waals surface area contributed by atoms with Gasteiger partial charge in [-0.15, -0.1) is 0 Å². The first kappa shape index (κ1) is 13.5. The predicted molar refractivity (Wildman–Crippen MR) is 75.9 cm³/mol. The van der Waals surface area contributed by atoms with Gasteiger partial charge in [-0.3, -0.25) is 0 Å². The van der Waals surface area contributed by atoms with Crippen LogP contribution in [0.1, 0.15) is 18.1 Å². The Bertz CT molecular complexity index is 500. The van der Waals surface area contributed by atoms with Crippen molar-refractivity contribution in [2.45, 2.75) is 12.5 Å². The van der Waals surface area contributed by atoms with Crippen LogP contribution in [-0.4, -0.2) is 6.16 Å². The second kappa shape index (κ2) is 5.80. The van der Waals surface area contributed by atoms with Gasteiger partial charge >= 0.3 is 6.16 Å². The summed E-state index contributed by atoms with van der Waals surface area (Å²) in [5.74, 6) is 0. The minimum absolute atomic E-state index is 0.835. The van der Waals surface area contributed by atoms with Gasteiger partial charge < -0.3 is 8.92 Å². The van der Waals surface area contributed by atoms with E-state index in [1.54, 1.807) is 0 Å². The maximum absolute atomic E-state index is 11.5. The van der Waals surface area contributed by atoms with Crippen LogP contribution in [0.4, 0.5) is 4.79 Å². The standard InChI is InChI=1S/C15H14O3S/c1-15(17-14(16)18-19,12-8-4-2-5-9-12)13-10-6-3-7-11-13/h2-11,19H,1H3. The normalized spacial score (nSPS) is 10.8. The van der Waals surface area contributed by atoms with Crippen LogP contribution in [0, 0.1) is 0 Å². The summed E-state index contributed by atoms with van der Waals surface area (Å²) in [6.45, 7) is 1.82. The fourth-order valence-electron chi connectivity index (χ4n) is 1.98. The monoisotopic (exact) mass is 274 g/mol. The number of thiol groups is 1. The fraction of sp³-hybridized carbons (Fsp3) is 0.133. The van der Waals surface area contributed by atoms with Crippen LogP contribution >= 0.6 is 12.9 Å². The van der Waals surface area contributed by atoms with E-state index in [4.69, 9.17) is 4.74 Å². The summed E-state index contributed by atoms with van der Waals surface area (Å²) < 4.78 is 9.74. The zero-order valence-corrected chi connectivity index (χ0v) is 11.3. The van der Waals surface area contributed by atoms with Crippen molar-refractivity contribution in [3.8, 4) is 0 Å². The van der Waals surface area contributed by atoms with Crippen LogP contribution in [0.3, 0.4) is 0 Å². The first-order chi connectivity index (χ1) is 9.16. The Balaban J connectivity index is 2.47. The number of carbonyl (C=O) groups is 1. The fourth-order valence-corrected chi connectivity index (χ4v) is 2.02. The molecular weight excluding hydrogens is 260 g/mol. The molecule has 0 aliphatic carbocycles. The molecule has 0 heterocycles. The molecular formula is C15H14O3S. The smallest absolute Gasteiger partial charge is 0.417 e. The van der Waals surface area contributed by atoms with Crippen LogP contribution in [0.2, 0.25) is 0 Å². The molecule has 19 heavy (non-hydrogen) atoms. The molecule has 0 saturated heterocycles. The number of hydrogen-bond donors (Lipinski definition) is 1. The second-order valence-corrected chi connectivity index (χ2v) is 4.39. The van der Waals surface area contributed by atoms with Crippen molar-refractivity contribution in [2.75, 3.05) is 0 Å². The van der Waals surface area contributed by atoms with Gasteiger partial charge in [-0.1, -0.05) is 60.7 Å². The van der Waals surface area contributed by atoms with Gasteiger partial charge in [0.2, 0.25) is 0 Å². The Morgan fingerprint density at radius 1 is 0.947 bits per heavy atom. The van der Waals surface area contributed by atoms with Crippen molar-refractivity contribution >= 4 is 19.1 Å². The van der Waals surface area contributed by atoms with Gasteiger partial charge in [-0.2, -0.15) is 0 Å². The van der Waals surface area contributed by atoms with E-state index in [0.29, 0.717) is 0 Å². The molecule has 0 saturated carbocycles. The van der Waals surface area contributed by atoms with Gasteiger partial charge in [0.15, 0.2) is 5.60 Å².